The van der Waals surface area contributed by atoms with Crippen molar-refractivity contribution in [2.24, 2.45) is 0 Å². The fourth-order valence-corrected chi connectivity index (χ4v) is 2.22. The Hall–Kier alpha value is -1.07. The molecular weight excluding hydrogens is 318 g/mol. The van der Waals surface area contributed by atoms with E-state index in [4.69, 9.17) is 0 Å². The number of anilines is 1. The molecule has 0 unspecified atom stereocenters. The number of hydrogen-bond donors (Lipinski definition) is 2. The summed E-state index contributed by atoms with van der Waals surface area (Å²) in [6.45, 7) is 5.79. The van der Waals surface area contributed by atoms with E-state index in [1.807, 2.05) is 13.1 Å². The molecule has 0 atom stereocenters. The lowest BCUT2D eigenvalue weighted by Gasteiger charge is -2.23. The molecule has 1 amide bonds. The Morgan fingerprint density at radius 1 is 1.40 bits per heavy atom. The maximum Gasteiger partial charge on any atom is 0.221 e. The van der Waals surface area contributed by atoms with Crippen molar-refractivity contribution in [2.45, 2.75) is 32.9 Å². The first kappa shape index (κ1) is 17.0. The highest BCUT2D eigenvalue weighted by molar-refractivity contribution is 9.10. The third-order valence-electron chi connectivity index (χ3n) is 3.11. The molecule has 0 saturated carbocycles. The molecule has 2 N–H and O–H groups in total. The first-order chi connectivity index (χ1) is 9.43. The predicted octanol–water partition coefficient (Wildman–Crippen LogP) is 2.52. The smallest absolute Gasteiger partial charge is 0.221 e. The van der Waals surface area contributed by atoms with Crippen LogP contribution >= 0.6 is 15.9 Å². The monoisotopic (exact) mass is 341 g/mol. The molecule has 1 rings (SSSR count). The van der Waals surface area contributed by atoms with Crippen LogP contribution < -0.4 is 15.5 Å². The zero-order valence-corrected chi connectivity index (χ0v) is 14.3. The zero-order chi connectivity index (χ0) is 15.1. The van der Waals surface area contributed by atoms with Crippen molar-refractivity contribution in [3.05, 3.63) is 28.2 Å². The molecule has 0 aliphatic carbocycles. The van der Waals surface area contributed by atoms with Crippen LogP contribution in [0.2, 0.25) is 0 Å². The quantitative estimate of drug-likeness (QED) is 0.800. The van der Waals surface area contributed by atoms with E-state index >= 15 is 0 Å². The number of nitrogens with one attached hydrogen (secondary N) is 2. The molecular formula is C15H24BrN3O. The lowest BCUT2D eigenvalue weighted by Crippen LogP contribution is -2.28. The van der Waals surface area contributed by atoms with Gasteiger partial charge in [-0.2, -0.15) is 0 Å². The number of rotatable bonds is 7. The van der Waals surface area contributed by atoms with Gasteiger partial charge in [-0.15, -0.1) is 0 Å². The van der Waals surface area contributed by atoms with Crippen LogP contribution in [0.4, 0.5) is 5.69 Å². The maximum absolute atomic E-state index is 11.4. The highest BCUT2D eigenvalue weighted by atomic mass is 79.9. The summed E-state index contributed by atoms with van der Waals surface area (Å²) in [7, 11) is 3.68. The average Bonchev–Trinajstić information content (AvgIpc) is 2.42. The van der Waals surface area contributed by atoms with Crippen LogP contribution in [0, 0.1) is 0 Å². The highest BCUT2D eigenvalue weighted by Crippen LogP contribution is 2.24. The number of carbonyl (C=O) groups excluding carboxylic acids is 1. The molecule has 0 spiro atoms. The minimum atomic E-state index is 0.0636. The third kappa shape index (κ3) is 5.51. The lowest BCUT2D eigenvalue weighted by molar-refractivity contribution is -0.120. The van der Waals surface area contributed by atoms with E-state index in [2.05, 4.69) is 57.4 Å². The van der Waals surface area contributed by atoms with Crippen molar-refractivity contribution in [2.75, 3.05) is 25.5 Å². The van der Waals surface area contributed by atoms with Gasteiger partial charge in [-0.1, -0.05) is 35.8 Å². The van der Waals surface area contributed by atoms with E-state index in [0.29, 0.717) is 19.0 Å². The molecule has 4 nitrogen and oxygen atoms in total. The normalized spacial score (nSPS) is 10.7. The number of hydrogen-bond acceptors (Lipinski definition) is 3. The summed E-state index contributed by atoms with van der Waals surface area (Å²) in [4.78, 5) is 13.5. The van der Waals surface area contributed by atoms with Crippen molar-refractivity contribution in [1.29, 1.82) is 0 Å². The maximum atomic E-state index is 11.4. The SMILES string of the molecule is CNC(=O)CCN(C)c1cc(Br)ccc1CNC(C)C. The van der Waals surface area contributed by atoms with Crippen LogP contribution in [0.3, 0.4) is 0 Å². The topological polar surface area (TPSA) is 44.4 Å². The zero-order valence-electron chi connectivity index (χ0n) is 12.7. The van der Waals surface area contributed by atoms with Gasteiger partial charge in [0.25, 0.3) is 0 Å². The number of nitrogens with zero attached hydrogens (tertiary/aromatic N) is 1. The average molecular weight is 342 g/mol. The predicted molar refractivity (Wildman–Crippen MR) is 88.1 cm³/mol. The van der Waals surface area contributed by atoms with Gasteiger partial charge in [-0.25, -0.2) is 0 Å². The Labute approximate surface area is 130 Å². The summed E-state index contributed by atoms with van der Waals surface area (Å²) in [6, 6.07) is 6.71. The molecule has 5 heteroatoms. The van der Waals surface area contributed by atoms with Crippen LogP contribution in [0.25, 0.3) is 0 Å². The Kier molecular flexibility index (Phi) is 7.02. The van der Waals surface area contributed by atoms with E-state index < -0.39 is 0 Å². The minimum Gasteiger partial charge on any atom is -0.374 e. The third-order valence-corrected chi connectivity index (χ3v) is 3.61. The summed E-state index contributed by atoms with van der Waals surface area (Å²) >= 11 is 3.51. The molecule has 0 bridgehead atoms. The lowest BCUT2D eigenvalue weighted by atomic mass is 10.1. The first-order valence-electron chi connectivity index (χ1n) is 6.87. The van der Waals surface area contributed by atoms with Crippen LogP contribution in [0.15, 0.2) is 22.7 Å². The van der Waals surface area contributed by atoms with E-state index in [1.165, 1.54) is 5.56 Å². The summed E-state index contributed by atoms with van der Waals surface area (Å²) in [5.41, 5.74) is 2.39. The second-order valence-electron chi connectivity index (χ2n) is 5.15. The first-order valence-corrected chi connectivity index (χ1v) is 7.67. The van der Waals surface area contributed by atoms with Crippen LogP contribution in [-0.4, -0.2) is 32.6 Å². The Balaban J connectivity index is 2.79. The van der Waals surface area contributed by atoms with Gasteiger partial charge in [0.05, 0.1) is 0 Å². The van der Waals surface area contributed by atoms with Crippen LogP contribution in [0.1, 0.15) is 25.8 Å². The van der Waals surface area contributed by atoms with Crippen molar-refractivity contribution in [3.63, 3.8) is 0 Å². The van der Waals surface area contributed by atoms with Gasteiger partial charge in [0.15, 0.2) is 0 Å². The van der Waals surface area contributed by atoms with Crippen LogP contribution in [-0.2, 0) is 11.3 Å². The second-order valence-corrected chi connectivity index (χ2v) is 6.07. The molecule has 0 fully saturated rings. The summed E-state index contributed by atoms with van der Waals surface area (Å²) in [6.07, 6.45) is 0.497. The largest absolute Gasteiger partial charge is 0.374 e. The van der Waals surface area contributed by atoms with E-state index in [9.17, 15) is 4.79 Å². The molecule has 0 aromatic heterocycles. The van der Waals surface area contributed by atoms with Gasteiger partial charge < -0.3 is 15.5 Å². The molecule has 0 aliphatic rings. The molecule has 0 radical (unpaired) electrons. The summed E-state index contributed by atoms with van der Waals surface area (Å²) in [5.74, 6) is 0.0636. The summed E-state index contributed by atoms with van der Waals surface area (Å²) < 4.78 is 1.05. The van der Waals surface area contributed by atoms with Gasteiger partial charge in [0.2, 0.25) is 5.91 Å². The molecule has 20 heavy (non-hydrogen) atoms. The minimum absolute atomic E-state index is 0.0636. The Morgan fingerprint density at radius 2 is 2.10 bits per heavy atom. The van der Waals surface area contributed by atoms with E-state index in [0.717, 1.165) is 16.7 Å². The van der Waals surface area contributed by atoms with E-state index in [1.54, 1.807) is 7.05 Å². The highest BCUT2D eigenvalue weighted by Gasteiger charge is 2.10. The van der Waals surface area contributed by atoms with E-state index in [-0.39, 0.29) is 5.91 Å². The van der Waals surface area contributed by atoms with Crippen molar-refractivity contribution < 1.29 is 4.79 Å². The standard InChI is InChI=1S/C15H24BrN3O/c1-11(2)18-10-12-5-6-13(16)9-14(12)19(4)8-7-15(20)17-3/h5-6,9,11,18H,7-8,10H2,1-4H3,(H,17,20). The van der Waals surface area contributed by atoms with Crippen molar-refractivity contribution in [1.82, 2.24) is 10.6 Å². The Bertz CT molecular complexity index is 449. The van der Waals surface area contributed by atoms with Gasteiger partial charge >= 0.3 is 0 Å². The Morgan fingerprint density at radius 3 is 2.70 bits per heavy atom. The van der Waals surface area contributed by atoms with Gasteiger partial charge in [0.1, 0.15) is 0 Å². The van der Waals surface area contributed by atoms with Gasteiger partial charge in [-0.05, 0) is 17.7 Å². The molecule has 0 saturated heterocycles. The second kappa shape index (κ2) is 8.27. The fourth-order valence-electron chi connectivity index (χ4n) is 1.87. The van der Waals surface area contributed by atoms with Crippen molar-refractivity contribution in [3.8, 4) is 0 Å². The van der Waals surface area contributed by atoms with Crippen molar-refractivity contribution >= 4 is 27.5 Å². The van der Waals surface area contributed by atoms with Gasteiger partial charge in [-0.3, -0.25) is 4.79 Å². The molecule has 1 aromatic rings. The number of carbonyl (C=O) groups is 1. The molecule has 0 heterocycles. The number of amides is 1. The number of halogens is 1. The molecule has 1 aromatic carbocycles. The van der Waals surface area contributed by atoms with Gasteiger partial charge in [0, 0.05) is 49.8 Å². The van der Waals surface area contributed by atoms with Crippen LogP contribution in [0.5, 0.6) is 0 Å². The summed E-state index contributed by atoms with van der Waals surface area (Å²) in [5, 5.41) is 6.08. The molecule has 112 valence electrons. The fraction of sp³-hybridized carbons (Fsp3) is 0.533. The molecule has 0 aliphatic heterocycles. The number of benzene rings is 1.